The zero-order chi connectivity index (χ0) is 18.5. The normalized spacial score (nSPS) is 23.1. The Labute approximate surface area is 157 Å². The number of para-hydroxylation sites is 2. The number of likely N-dealkylation sites (tertiary alicyclic amines) is 1. The van der Waals surface area contributed by atoms with Crippen LogP contribution in [0.25, 0.3) is 16.8 Å². The maximum atomic E-state index is 13.0. The highest BCUT2D eigenvalue weighted by molar-refractivity contribution is 5.80. The third-order valence-electron chi connectivity index (χ3n) is 6.45. The number of imidazole rings is 1. The fraction of sp³-hybridized carbons (Fsp3) is 0.550. The molecule has 3 heterocycles. The van der Waals surface area contributed by atoms with Crippen molar-refractivity contribution in [3.05, 3.63) is 34.7 Å². The third-order valence-corrected chi connectivity index (χ3v) is 6.45. The van der Waals surface area contributed by atoms with Crippen molar-refractivity contribution in [2.45, 2.75) is 51.1 Å². The van der Waals surface area contributed by atoms with Crippen molar-refractivity contribution >= 4 is 22.7 Å². The Morgan fingerprint density at radius 2 is 1.85 bits per heavy atom. The van der Waals surface area contributed by atoms with Gasteiger partial charge in [0.2, 0.25) is 11.7 Å². The molecule has 0 radical (unpaired) electrons. The first-order valence-corrected chi connectivity index (χ1v) is 9.97. The summed E-state index contributed by atoms with van der Waals surface area (Å²) in [6, 6.07) is 8.09. The number of nitrogens with zero attached hydrogens (tertiary/aromatic N) is 5. The molecule has 0 bridgehead atoms. The van der Waals surface area contributed by atoms with Crippen LogP contribution in [0.1, 0.15) is 38.5 Å². The Balaban J connectivity index is 1.48. The van der Waals surface area contributed by atoms with E-state index in [9.17, 15) is 9.59 Å². The lowest BCUT2D eigenvalue weighted by molar-refractivity contribution is -0.138. The molecule has 0 spiro atoms. The monoisotopic (exact) mass is 367 g/mol. The molecule has 1 aliphatic heterocycles. The molecule has 3 aromatic rings. The molecule has 142 valence electrons. The Bertz CT molecular complexity index is 1070. The number of aryl methyl sites for hydroxylation is 1. The molecular weight excluding hydrogens is 342 g/mol. The molecule has 1 aliphatic carbocycles. The van der Waals surface area contributed by atoms with Crippen LogP contribution in [0.4, 0.5) is 0 Å². The zero-order valence-electron chi connectivity index (χ0n) is 15.7. The molecule has 1 saturated carbocycles. The lowest BCUT2D eigenvalue weighted by Crippen LogP contribution is -2.51. The van der Waals surface area contributed by atoms with Crippen LogP contribution in [0, 0.1) is 5.92 Å². The van der Waals surface area contributed by atoms with E-state index in [4.69, 9.17) is 0 Å². The van der Waals surface area contributed by atoms with Crippen molar-refractivity contribution in [2.75, 3.05) is 6.54 Å². The van der Waals surface area contributed by atoms with E-state index in [-0.39, 0.29) is 18.1 Å². The van der Waals surface area contributed by atoms with Crippen LogP contribution in [0.3, 0.4) is 0 Å². The van der Waals surface area contributed by atoms with Gasteiger partial charge in [-0.1, -0.05) is 25.0 Å². The van der Waals surface area contributed by atoms with Crippen LogP contribution in [0.5, 0.6) is 0 Å². The minimum atomic E-state index is -0.243. The second-order valence-corrected chi connectivity index (χ2v) is 7.96. The van der Waals surface area contributed by atoms with Gasteiger partial charge < -0.3 is 9.47 Å². The molecule has 0 unspecified atom stereocenters. The van der Waals surface area contributed by atoms with Crippen LogP contribution in [0.15, 0.2) is 29.1 Å². The molecule has 1 amide bonds. The highest BCUT2D eigenvalue weighted by Gasteiger charge is 2.35. The first-order valence-electron chi connectivity index (χ1n) is 9.97. The van der Waals surface area contributed by atoms with Gasteiger partial charge in [0.25, 0.3) is 0 Å². The molecular formula is C20H25N5O2. The summed E-state index contributed by atoms with van der Waals surface area (Å²) in [4.78, 5) is 28.0. The van der Waals surface area contributed by atoms with Crippen molar-refractivity contribution in [1.82, 2.24) is 23.6 Å². The number of hydrogen-bond acceptors (Lipinski definition) is 3. The Morgan fingerprint density at radius 1 is 1.11 bits per heavy atom. The van der Waals surface area contributed by atoms with Crippen molar-refractivity contribution in [3.8, 4) is 0 Å². The summed E-state index contributed by atoms with van der Waals surface area (Å²) < 4.78 is 4.83. The molecule has 27 heavy (non-hydrogen) atoms. The van der Waals surface area contributed by atoms with Gasteiger partial charge >= 0.3 is 5.69 Å². The molecule has 1 saturated heterocycles. The Kier molecular flexibility index (Phi) is 3.84. The smallest absolute Gasteiger partial charge is 0.338 e. The summed E-state index contributed by atoms with van der Waals surface area (Å²) in [5.41, 5.74) is 1.54. The van der Waals surface area contributed by atoms with E-state index in [1.807, 2.05) is 40.8 Å². The lowest BCUT2D eigenvalue weighted by atomic mass is 9.78. The van der Waals surface area contributed by atoms with Crippen molar-refractivity contribution in [3.63, 3.8) is 0 Å². The molecule has 2 atom stereocenters. The Hall–Kier alpha value is -2.57. The number of rotatable bonds is 2. The predicted octanol–water partition coefficient (Wildman–Crippen LogP) is 2.17. The van der Waals surface area contributed by atoms with Gasteiger partial charge in [-0.3, -0.25) is 4.79 Å². The van der Waals surface area contributed by atoms with Gasteiger partial charge in [0, 0.05) is 19.6 Å². The molecule has 2 fully saturated rings. The van der Waals surface area contributed by atoms with Crippen molar-refractivity contribution < 1.29 is 4.79 Å². The summed E-state index contributed by atoms with van der Waals surface area (Å²) in [7, 11) is 1.90. The maximum Gasteiger partial charge on any atom is 0.352 e. The number of hydrogen-bond donors (Lipinski definition) is 0. The quantitative estimate of drug-likeness (QED) is 0.697. The summed E-state index contributed by atoms with van der Waals surface area (Å²) >= 11 is 0. The number of benzene rings is 1. The van der Waals surface area contributed by atoms with Gasteiger partial charge in [0.1, 0.15) is 6.54 Å². The van der Waals surface area contributed by atoms with Gasteiger partial charge in [-0.15, -0.1) is 5.10 Å². The van der Waals surface area contributed by atoms with Gasteiger partial charge in [0.15, 0.2) is 0 Å². The van der Waals surface area contributed by atoms with Crippen molar-refractivity contribution in [2.24, 2.45) is 13.0 Å². The minimum Gasteiger partial charge on any atom is -0.338 e. The van der Waals surface area contributed by atoms with Crippen LogP contribution < -0.4 is 5.69 Å². The SMILES string of the molecule is Cn1c2ccccc2n2c(=O)n(CC(=O)N3CCC[C@H]4CCCC[C@H]43)nc12. The lowest BCUT2D eigenvalue weighted by Gasteiger charge is -2.44. The van der Waals surface area contributed by atoms with Crippen molar-refractivity contribution in [1.29, 1.82) is 0 Å². The first kappa shape index (κ1) is 16.6. The average molecular weight is 367 g/mol. The number of aromatic nitrogens is 4. The highest BCUT2D eigenvalue weighted by Crippen LogP contribution is 2.35. The van der Waals surface area contributed by atoms with Crippen LogP contribution in [-0.4, -0.2) is 42.1 Å². The van der Waals surface area contributed by atoms with E-state index >= 15 is 0 Å². The van der Waals surface area contributed by atoms with Gasteiger partial charge in [-0.05, 0) is 43.7 Å². The second-order valence-electron chi connectivity index (χ2n) is 7.96. The van der Waals surface area contributed by atoms with Gasteiger partial charge in [-0.25, -0.2) is 13.9 Å². The molecule has 2 aliphatic rings. The molecule has 7 heteroatoms. The largest absolute Gasteiger partial charge is 0.352 e. The molecule has 2 aromatic heterocycles. The number of amides is 1. The van der Waals surface area contributed by atoms with Gasteiger partial charge in [-0.2, -0.15) is 0 Å². The number of carbonyl (C=O) groups excluding carboxylic acids is 1. The van der Waals surface area contributed by atoms with Crippen LogP contribution >= 0.6 is 0 Å². The molecule has 0 N–H and O–H groups in total. The van der Waals surface area contributed by atoms with E-state index in [1.54, 1.807) is 4.40 Å². The summed E-state index contributed by atoms with van der Waals surface area (Å²) in [6.07, 6.45) is 7.11. The second kappa shape index (κ2) is 6.25. The predicted molar refractivity (Wildman–Crippen MR) is 103 cm³/mol. The fourth-order valence-electron chi connectivity index (χ4n) is 5.13. The average Bonchev–Trinajstić information content (AvgIpc) is 3.17. The standard InChI is InChI=1S/C20H25N5O2/c1-22-16-10-4-5-11-17(16)25-19(22)21-24(20(25)27)13-18(26)23-12-6-8-14-7-2-3-9-15(14)23/h4-5,10-11,14-15H,2-3,6-9,12-13H2,1H3/t14-,15-/m1/s1. The summed E-state index contributed by atoms with van der Waals surface area (Å²) in [5.74, 6) is 1.24. The number of piperidine rings is 1. The minimum absolute atomic E-state index is 0.0259. The van der Waals surface area contributed by atoms with E-state index < -0.39 is 0 Å². The molecule has 5 rings (SSSR count). The van der Waals surface area contributed by atoms with Gasteiger partial charge in [0.05, 0.1) is 11.0 Å². The Morgan fingerprint density at radius 3 is 2.70 bits per heavy atom. The van der Waals surface area contributed by atoms with E-state index in [1.165, 1.54) is 30.4 Å². The third kappa shape index (κ3) is 2.51. The first-order chi connectivity index (χ1) is 13.1. The van der Waals surface area contributed by atoms with E-state index in [2.05, 4.69) is 5.10 Å². The topological polar surface area (TPSA) is 64.5 Å². The maximum absolute atomic E-state index is 13.0. The molecule has 7 nitrogen and oxygen atoms in total. The fourth-order valence-corrected chi connectivity index (χ4v) is 5.13. The van der Waals surface area contributed by atoms with E-state index in [0.717, 1.165) is 30.4 Å². The van der Waals surface area contributed by atoms with Crippen LogP contribution in [0.2, 0.25) is 0 Å². The number of carbonyl (C=O) groups is 1. The van der Waals surface area contributed by atoms with Crippen LogP contribution in [-0.2, 0) is 18.4 Å². The summed E-state index contributed by atoms with van der Waals surface area (Å²) in [5, 5.41) is 4.47. The number of fused-ring (bicyclic) bond motifs is 4. The van der Waals surface area contributed by atoms with E-state index in [0.29, 0.717) is 17.7 Å². The summed E-state index contributed by atoms with van der Waals surface area (Å²) in [6.45, 7) is 0.836. The highest BCUT2D eigenvalue weighted by atomic mass is 16.2. The molecule has 1 aromatic carbocycles. The zero-order valence-corrected chi connectivity index (χ0v) is 15.7.